The monoisotopic (exact) mass is 279 g/mol. The quantitative estimate of drug-likeness (QED) is 0.504. The zero-order valence-corrected chi connectivity index (χ0v) is 15.0. The molecule has 0 fully saturated rings. The minimum Gasteiger partial charge on any atom is -0.305 e. The Hall–Kier alpha value is -0.560. The van der Waals surface area contributed by atoms with Crippen LogP contribution in [0.25, 0.3) is 0 Å². The summed E-state index contributed by atoms with van der Waals surface area (Å²) in [5.74, 6) is 1.50. The average molecular weight is 280 g/mol. The maximum absolute atomic E-state index is 4.10. The van der Waals surface area contributed by atoms with Crippen molar-refractivity contribution in [1.29, 1.82) is 0 Å². The molecule has 0 aromatic heterocycles. The van der Waals surface area contributed by atoms with Gasteiger partial charge in [0.15, 0.2) is 0 Å². The van der Waals surface area contributed by atoms with E-state index in [2.05, 4.69) is 66.9 Å². The van der Waals surface area contributed by atoms with Crippen LogP contribution in [0.2, 0.25) is 0 Å². The fourth-order valence-electron chi connectivity index (χ4n) is 2.51. The Morgan fingerprint density at radius 3 is 2.00 bits per heavy atom. The molecule has 1 nitrogen and oxygen atoms in total. The third-order valence-corrected chi connectivity index (χ3v) is 4.74. The summed E-state index contributed by atoms with van der Waals surface area (Å²) >= 11 is 0. The lowest BCUT2D eigenvalue weighted by atomic mass is 9.85. The Morgan fingerprint density at radius 2 is 1.60 bits per heavy atom. The zero-order chi connectivity index (χ0) is 15.9. The number of hydrogen-bond acceptors (Lipinski definition) is 1. The molecular weight excluding hydrogens is 242 g/mol. The van der Waals surface area contributed by atoms with Crippen LogP contribution in [0.4, 0.5) is 0 Å². The lowest BCUT2D eigenvalue weighted by Crippen LogP contribution is -2.46. The summed E-state index contributed by atoms with van der Waals surface area (Å²) in [5.41, 5.74) is 2.55. The van der Waals surface area contributed by atoms with Crippen LogP contribution in [0.15, 0.2) is 24.3 Å². The first-order valence-electron chi connectivity index (χ1n) is 8.18. The molecule has 0 aliphatic carbocycles. The van der Waals surface area contributed by atoms with E-state index in [1.165, 1.54) is 30.4 Å². The normalized spacial score (nSPS) is 16.6. The van der Waals surface area contributed by atoms with E-state index in [0.717, 1.165) is 18.3 Å². The fourth-order valence-corrected chi connectivity index (χ4v) is 2.51. The van der Waals surface area contributed by atoms with Gasteiger partial charge in [-0.25, -0.2) is 0 Å². The van der Waals surface area contributed by atoms with Crippen LogP contribution in [0.5, 0.6) is 0 Å². The highest BCUT2D eigenvalue weighted by atomic mass is 15.0. The molecule has 0 amide bonds. The summed E-state index contributed by atoms with van der Waals surface area (Å²) < 4.78 is 0. The SMILES string of the molecule is C=C(C)CC(C)C(C)CCC(CC)NC(C)(C)C(=C)C. The Balaban J connectivity index is 4.32. The van der Waals surface area contributed by atoms with Gasteiger partial charge in [-0.05, 0) is 65.2 Å². The van der Waals surface area contributed by atoms with Crippen molar-refractivity contribution in [3.63, 3.8) is 0 Å². The molecule has 3 unspecified atom stereocenters. The summed E-state index contributed by atoms with van der Waals surface area (Å²) in [7, 11) is 0. The van der Waals surface area contributed by atoms with Crippen molar-refractivity contribution in [1.82, 2.24) is 5.32 Å². The van der Waals surface area contributed by atoms with Gasteiger partial charge in [0.2, 0.25) is 0 Å². The maximum Gasteiger partial charge on any atom is 0.0333 e. The third kappa shape index (κ3) is 7.28. The topological polar surface area (TPSA) is 12.0 Å². The molecule has 0 aliphatic rings. The number of allylic oxidation sites excluding steroid dienone is 1. The second-order valence-corrected chi connectivity index (χ2v) is 7.35. The number of rotatable bonds is 10. The van der Waals surface area contributed by atoms with Crippen LogP contribution in [-0.4, -0.2) is 11.6 Å². The fraction of sp³-hybridized carbons (Fsp3) is 0.789. The van der Waals surface area contributed by atoms with E-state index >= 15 is 0 Å². The van der Waals surface area contributed by atoms with Crippen molar-refractivity contribution in [2.75, 3.05) is 0 Å². The minimum absolute atomic E-state index is 0.0350. The molecule has 118 valence electrons. The van der Waals surface area contributed by atoms with Gasteiger partial charge in [0, 0.05) is 11.6 Å². The van der Waals surface area contributed by atoms with E-state index < -0.39 is 0 Å². The smallest absolute Gasteiger partial charge is 0.0333 e. The van der Waals surface area contributed by atoms with Crippen LogP contribution >= 0.6 is 0 Å². The molecule has 0 heterocycles. The summed E-state index contributed by atoms with van der Waals surface area (Å²) in [4.78, 5) is 0. The van der Waals surface area contributed by atoms with Crippen LogP contribution in [-0.2, 0) is 0 Å². The maximum atomic E-state index is 4.10. The van der Waals surface area contributed by atoms with Gasteiger partial charge in [-0.15, -0.1) is 6.58 Å². The van der Waals surface area contributed by atoms with Crippen molar-refractivity contribution in [3.05, 3.63) is 24.3 Å². The summed E-state index contributed by atoms with van der Waals surface area (Å²) in [5, 5.41) is 3.76. The molecule has 0 saturated carbocycles. The van der Waals surface area contributed by atoms with E-state index in [4.69, 9.17) is 0 Å². The van der Waals surface area contributed by atoms with Crippen LogP contribution in [0.1, 0.15) is 74.1 Å². The number of hydrogen-bond donors (Lipinski definition) is 1. The molecule has 0 spiro atoms. The molecule has 0 bridgehead atoms. The van der Waals surface area contributed by atoms with Crippen molar-refractivity contribution in [2.45, 2.75) is 85.7 Å². The van der Waals surface area contributed by atoms with E-state index in [1.54, 1.807) is 0 Å². The van der Waals surface area contributed by atoms with Gasteiger partial charge >= 0.3 is 0 Å². The second kappa shape index (κ2) is 8.67. The third-order valence-electron chi connectivity index (χ3n) is 4.74. The molecule has 20 heavy (non-hydrogen) atoms. The Bertz CT molecular complexity index is 314. The Labute approximate surface area is 127 Å². The molecule has 3 atom stereocenters. The van der Waals surface area contributed by atoms with Crippen molar-refractivity contribution >= 4 is 0 Å². The van der Waals surface area contributed by atoms with E-state index in [9.17, 15) is 0 Å². The molecule has 0 aromatic carbocycles. The highest BCUT2D eigenvalue weighted by Gasteiger charge is 2.22. The predicted molar refractivity (Wildman–Crippen MR) is 93.1 cm³/mol. The Morgan fingerprint density at radius 1 is 1.05 bits per heavy atom. The highest BCUT2D eigenvalue weighted by Crippen LogP contribution is 2.25. The predicted octanol–water partition coefficient (Wildman–Crippen LogP) is 5.73. The summed E-state index contributed by atoms with van der Waals surface area (Å²) in [6.45, 7) is 23.8. The van der Waals surface area contributed by atoms with Gasteiger partial charge in [0.05, 0.1) is 0 Å². The Kier molecular flexibility index (Phi) is 8.42. The summed E-state index contributed by atoms with van der Waals surface area (Å²) in [6, 6.07) is 0.584. The molecule has 0 rings (SSSR count). The molecular formula is C19H37N. The lowest BCUT2D eigenvalue weighted by Gasteiger charge is -2.33. The molecule has 0 saturated heterocycles. The summed E-state index contributed by atoms with van der Waals surface area (Å²) in [6.07, 6.45) is 4.86. The van der Waals surface area contributed by atoms with E-state index in [-0.39, 0.29) is 5.54 Å². The standard InChI is InChI=1S/C19H37N/c1-10-18(20-19(8,9)15(4)5)12-11-16(6)17(7)13-14(2)3/h16-18,20H,2,4,10-13H2,1,3,5-9H3. The van der Waals surface area contributed by atoms with Crippen molar-refractivity contribution in [2.24, 2.45) is 11.8 Å². The molecule has 0 radical (unpaired) electrons. The van der Waals surface area contributed by atoms with Crippen LogP contribution in [0.3, 0.4) is 0 Å². The highest BCUT2D eigenvalue weighted by molar-refractivity contribution is 5.10. The lowest BCUT2D eigenvalue weighted by molar-refractivity contribution is 0.299. The molecule has 0 aromatic rings. The largest absolute Gasteiger partial charge is 0.305 e. The van der Waals surface area contributed by atoms with E-state index in [1.807, 2.05) is 0 Å². The van der Waals surface area contributed by atoms with Crippen LogP contribution < -0.4 is 5.32 Å². The first-order valence-corrected chi connectivity index (χ1v) is 8.18. The number of nitrogens with one attached hydrogen (secondary N) is 1. The van der Waals surface area contributed by atoms with Gasteiger partial charge in [0.25, 0.3) is 0 Å². The molecule has 0 aliphatic heterocycles. The average Bonchev–Trinajstić information content (AvgIpc) is 2.32. The molecule has 1 heteroatoms. The van der Waals surface area contributed by atoms with Crippen molar-refractivity contribution in [3.8, 4) is 0 Å². The van der Waals surface area contributed by atoms with Crippen molar-refractivity contribution < 1.29 is 0 Å². The minimum atomic E-state index is 0.0350. The van der Waals surface area contributed by atoms with Gasteiger partial charge in [0.1, 0.15) is 0 Å². The van der Waals surface area contributed by atoms with Gasteiger partial charge in [-0.3, -0.25) is 0 Å². The zero-order valence-electron chi connectivity index (χ0n) is 15.0. The van der Waals surface area contributed by atoms with Crippen LogP contribution in [0, 0.1) is 11.8 Å². The second-order valence-electron chi connectivity index (χ2n) is 7.35. The van der Waals surface area contributed by atoms with Gasteiger partial charge in [-0.2, -0.15) is 0 Å². The molecule has 1 N–H and O–H groups in total. The van der Waals surface area contributed by atoms with Gasteiger partial charge < -0.3 is 5.32 Å². The first-order chi connectivity index (χ1) is 9.10. The van der Waals surface area contributed by atoms with E-state index in [0.29, 0.717) is 6.04 Å². The first kappa shape index (κ1) is 19.4. The van der Waals surface area contributed by atoms with Gasteiger partial charge in [-0.1, -0.05) is 38.5 Å².